The molecule has 0 radical (unpaired) electrons. The van der Waals surface area contributed by atoms with Gasteiger partial charge in [0, 0.05) is 18.0 Å². The van der Waals surface area contributed by atoms with Gasteiger partial charge >= 0.3 is 0 Å². The summed E-state index contributed by atoms with van der Waals surface area (Å²) in [6, 6.07) is 16.1. The quantitative estimate of drug-likeness (QED) is 0.728. The SMILES string of the molecule is CCOc1ccc(-n2ccc(=O)c(C(=O)Nc3ccc(CC)cc3)n2)cc1. The van der Waals surface area contributed by atoms with E-state index >= 15 is 0 Å². The summed E-state index contributed by atoms with van der Waals surface area (Å²) in [5, 5.41) is 6.92. The Morgan fingerprint density at radius 2 is 1.74 bits per heavy atom. The largest absolute Gasteiger partial charge is 0.494 e. The lowest BCUT2D eigenvalue weighted by Gasteiger charge is -2.09. The number of carbonyl (C=O) groups excluding carboxylic acids is 1. The van der Waals surface area contributed by atoms with Crippen LogP contribution in [0.4, 0.5) is 5.69 Å². The average molecular weight is 363 g/mol. The molecule has 1 heterocycles. The molecule has 0 bridgehead atoms. The van der Waals surface area contributed by atoms with Gasteiger partial charge in [-0.1, -0.05) is 19.1 Å². The second-order valence-electron chi connectivity index (χ2n) is 5.90. The minimum absolute atomic E-state index is 0.161. The number of hydrogen-bond donors (Lipinski definition) is 1. The monoisotopic (exact) mass is 363 g/mol. The molecular weight excluding hydrogens is 342 g/mol. The van der Waals surface area contributed by atoms with Crippen molar-refractivity contribution in [1.82, 2.24) is 9.78 Å². The normalized spacial score (nSPS) is 10.4. The summed E-state index contributed by atoms with van der Waals surface area (Å²) >= 11 is 0. The minimum atomic E-state index is -0.537. The number of aryl methyl sites for hydroxylation is 1. The molecule has 1 amide bonds. The minimum Gasteiger partial charge on any atom is -0.494 e. The Kier molecular flexibility index (Phi) is 5.66. The van der Waals surface area contributed by atoms with E-state index in [2.05, 4.69) is 17.3 Å². The van der Waals surface area contributed by atoms with Gasteiger partial charge in [0.25, 0.3) is 5.91 Å². The van der Waals surface area contributed by atoms with Crippen molar-refractivity contribution in [3.05, 3.63) is 82.3 Å². The zero-order chi connectivity index (χ0) is 19.2. The lowest BCUT2D eigenvalue weighted by molar-refractivity contribution is 0.101. The van der Waals surface area contributed by atoms with E-state index < -0.39 is 11.3 Å². The Bertz CT molecular complexity index is 977. The highest BCUT2D eigenvalue weighted by Crippen LogP contribution is 2.15. The van der Waals surface area contributed by atoms with Crippen LogP contribution in [0.1, 0.15) is 29.9 Å². The molecule has 0 spiro atoms. The number of hydrogen-bond acceptors (Lipinski definition) is 4. The van der Waals surface area contributed by atoms with E-state index in [1.165, 1.54) is 22.5 Å². The Morgan fingerprint density at radius 3 is 2.37 bits per heavy atom. The van der Waals surface area contributed by atoms with Gasteiger partial charge in [-0.3, -0.25) is 9.59 Å². The molecule has 27 heavy (non-hydrogen) atoms. The molecule has 6 nitrogen and oxygen atoms in total. The van der Waals surface area contributed by atoms with Gasteiger partial charge < -0.3 is 10.1 Å². The Morgan fingerprint density at radius 1 is 1.04 bits per heavy atom. The lowest BCUT2D eigenvalue weighted by atomic mass is 10.1. The molecule has 0 atom stereocenters. The van der Waals surface area contributed by atoms with E-state index in [1.807, 2.05) is 55.5 Å². The smallest absolute Gasteiger partial charge is 0.280 e. The Labute approximate surface area is 157 Å². The van der Waals surface area contributed by atoms with Crippen molar-refractivity contribution >= 4 is 11.6 Å². The molecule has 3 rings (SSSR count). The highest BCUT2D eigenvalue weighted by atomic mass is 16.5. The van der Waals surface area contributed by atoms with Crippen LogP contribution in [-0.2, 0) is 6.42 Å². The summed E-state index contributed by atoms with van der Waals surface area (Å²) in [5.41, 5.74) is 1.92. The van der Waals surface area contributed by atoms with E-state index in [0.29, 0.717) is 12.3 Å². The summed E-state index contributed by atoms with van der Waals surface area (Å²) in [7, 11) is 0. The fourth-order valence-corrected chi connectivity index (χ4v) is 2.58. The average Bonchev–Trinajstić information content (AvgIpc) is 2.70. The summed E-state index contributed by atoms with van der Waals surface area (Å²) in [6.45, 7) is 4.56. The predicted molar refractivity (Wildman–Crippen MR) is 105 cm³/mol. The van der Waals surface area contributed by atoms with E-state index in [4.69, 9.17) is 4.74 Å². The van der Waals surface area contributed by atoms with Gasteiger partial charge in [0.1, 0.15) is 5.75 Å². The maximum absolute atomic E-state index is 12.5. The molecule has 3 aromatic rings. The molecule has 0 saturated carbocycles. The summed E-state index contributed by atoms with van der Waals surface area (Å²) in [4.78, 5) is 24.6. The first-order valence-electron chi connectivity index (χ1n) is 8.84. The Hall–Kier alpha value is -3.41. The van der Waals surface area contributed by atoms with Gasteiger partial charge in [-0.05, 0) is 55.3 Å². The number of amides is 1. The maximum atomic E-state index is 12.5. The topological polar surface area (TPSA) is 73.2 Å². The van der Waals surface area contributed by atoms with Crippen LogP contribution in [-0.4, -0.2) is 22.3 Å². The van der Waals surface area contributed by atoms with E-state index in [1.54, 1.807) is 0 Å². The van der Waals surface area contributed by atoms with Gasteiger partial charge in [0.05, 0.1) is 12.3 Å². The number of anilines is 1. The van der Waals surface area contributed by atoms with Gasteiger partial charge in [-0.2, -0.15) is 5.10 Å². The molecule has 0 fully saturated rings. The first-order chi connectivity index (χ1) is 13.1. The fourth-order valence-electron chi connectivity index (χ4n) is 2.58. The predicted octanol–water partition coefficient (Wildman–Crippen LogP) is 3.45. The van der Waals surface area contributed by atoms with Gasteiger partial charge in [-0.25, -0.2) is 4.68 Å². The van der Waals surface area contributed by atoms with Crippen LogP contribution in [0.2, 0.25) is 0 Å². The van der Waals surface area contributed by atoms with E-state index in [9.17, 15) is 9.59 Å². The van der Waals surface area contributed by atoms with Crippen LogP contribution in [0.25, 0.3) is 5.69 Å². The molecule has 0 unspecified atom stereocenters. The first-order valence-corrected chi connectivity index (χ1v) is 8.84. The number of nitrogens with one attached hydrogen (secondary N) is 1. The van der Waals surface area contributed by atoms with E-state index in [0.717, 1.165) is 17.9 Å². The number of rotatable bonds is 6. The van der Waals surface area contributed by atoms with Gasteiger partial charge in [0.2, 0.25) is 5.43 Å². The summed E-state index contributed by atoms with van der Waals surface area (Å²) in [6.07, 6.45) is 2.45. The molecule has 6 heteroatoms. The molecule has 138 valence electrons. The van der Waals surface area contributed by atoms with Crippen molar-refractivity contribution < 1.29 is 9.53 Å². The molecular formula is C21H21N3O3. The maximum Gasteiger partial charge on any atom is 0.280 e. The van der Waals surface area contributed by atoms with Crippen LogP contribution in [0.5, 0.6) is 5.75 Å². The van der Waals surface area contributed by atoms with Crippen molar-refractivity contribution in [1.29, 1.82) is 0 Å². The Balaban J connectivity index is 1.83. The van der Waals surface area contributed by atoms with Crippen molar-refractivity contribution in [2.24, 2.45) is 0 Å². The van der Waals surface area contributed by atoms with E-state index in [-0.39, 0.29) is 5.69 Å². The number of carbonyl (C=O) groups is 1. The number of nitrogens with zero attached hydrogens (tertiary/aromatic N) is 2. The van der Waals surface area contributed by atoms with Gasteiger partial charge in [-0.15, -0.1) is 0 Å². The molecule has 0 aliphatic carbocycles. The molecule has 0 aliphatic rings. The van der Waals surface area contributed by atoms with Gasteiger partial charge in [0.15, 0.2) is 5.69 Å². The van der Waals surface area contributed by atoms with Crippen molar-refractivity contribution in [3.8, 4) is 11.4 Å². The van der Waals surface area contributed by atoms with Crippen molar-refractivity contribution in [3.63, 3.8) is 0 Å². The number of ether oxygens (including phenoxy) is 1. The molecule has 0 aliphatic heterocycles. The molecule has 0 saturated heterocycles. The number of aromatic nitrogens is 2. The molecule has 1 N–H and O–H groups in total. The third-order valence-corrected chi connectivity index (χ3v) is 4.06. The summed E-state index contributed by atoms with van der Waals surface area (Å²) < 4.78 is 6.91. The highest BCUT2D eigenvalue weighted by Gasteiger charge is 2.14. The molecule has 1 aromatic heterocycles. The number of benzene rings is 2. The fraction of sp³-hybridized carbons (Fsp3) is 0.190. The second kappa shape index (κ2) is 8.31. The van der Waals surface area contributed by atoms with Crippen LogP contribution in [0.15, 0.2) is 65.6 Å². The third-order valence-electron chi connectivity index (χ3n) is 4.06. The standard InChI is InChI=1S/C21H21N3O3/c1-3-15-5-7-16(8-6-15)22-21(26)20-19(25)13-14-24(23-20)17-9-11-18(12-10-17)27-4-2/h5-14H,3-4H2,1-2H3,(H,22,26). The summed E-state index contributed by atoms with van der Waals surface area (Å²) in [5.74, 6) is 0.209. The lowest BCUT2D eigenvalue weighted by Crippen LogP contribution is -2.25. The second-order valence-corrected chi connectivity index (χ2v) is 5.90. The first kappa shape index (κ1) is 18.4. The molecule has 2 aromatic carbocycles. The van der Waals surface area contributed by atoms with Crippen LogP contribution in [0, 0.1) is 0 Å². The van der Waals surface area contributed by atoms with Crippen LogP contribution < -0.4 is 15.5 Å². The zero-order valence-corrected chi connectivity index (χ0v) is 15.3. The highest BCUT2D eigenvalue weighted by molar-refractivity contribution is 6.02. The van der Waals surface area contributed by atoms with Crippen molar-refractivity contribution in [2.75, 3.05) is 11.9 Å². The van der Waals surface area contributed by atoms with Crippen LogP contribution in [0.3, 0.4) is 0 Å². The third kappa shape index (κ3) is 4.41. The van der Waals surface area contributed by atoms with Crippen LogP contribution >= 0.6 is 0 Å². The van der Waals surface area contributed by atoms with Crippen molar-refractivity contribution in [2.45, 2.75) is 20.3 Å². The zero-order valence-electron chi connectivity index (χ0n) is 15.3.